The second kappa shape index (κ2) is 7.17. The lowest BCUT2D eigenvalue weighted by molar-refractivity contribution is -0.00304. The summed E-state index contributed by atoms with van der Waals surface area (Å²) in [6.45, 7) is 4.40. The Morgan fingerprint density at radius 1 is 1.06 bits per heavy atom. The summed E-state index contributed by atoms with van der Waals surface area (Å²) in [6, 6.07) is 14.8. The molecule has 2 aromatic heterocycles. The molecule has 2 aliphatic rings. The van der Waals surface area contributed by atoms with Crippen molar-refractivity contribution in [3.8, 4) is 22.8 Å². The highest BCUT2D eigenvalue weighted by Crippen LogP contribution is 2.40. The second-order valence-electron chi connectivity index (χ2n) is 8.51. The second-order valence-corrected chi connectivity index (χ2v) is 8.51. The van der Waals surface area contributed by atoms with Crippen LogP contribution in [-0.4, -0.2) is 25.6 Å². The van der Waals surface area contributed by atoms with Gasteiger partial charge in [-0.25, -0.2) is 9.97 Å². The van der Waals surface area contributed by atoms with Crippen LogP contribution in [0.15, 0.2) is 55.1 Å². The van der Waals surface area contributed by atoms with E-state index in [2.05, 4.69) is 65.2 Å². The van der Waals surface area contributed by atoms with E-state index in [0.29, 0.717) is 17.3 Å². The summed E-state index contributed by atoms with van der Waals surface area (Å²) in [4.78, 5) is 13.4. The van der Waals surface area contributed by atoms with Crippen LogP contribution in [-0.2, 0) is 11.2 Å². The van der Waals surface area contributed by atoms with Crippen molar-refractivity contribution < 1.29 is 9.47 Å². The number of imidazole rings is 1. The minimum Gasteiger partial charge on any atom is -0.437 e. The topological polar surface area (TPSA) is 62.1 Å². The molecular formula is C25H24N4O2. The number of hydrogen-bond acceptors (Lipinski definition) is 5. The molecule has 6 rings (SSSR count). The van der Waals surface area contributed by atoms with Gasteiger partial charge in [0.2, 0.25) is 0 Å². The zero-order chi connectivity index (χ0) is 20.9. The number of rotatable bonds is 4. The van der Waals surface area contributed by atoms with E-state index in [-0.39, 0.29) is 12.3 Å². The number of benzene rings is 2. The quantitative estimate of drug-likeness (QED) is 0.389. The Kier molecular flexibility index (Phi) is 4.28. The van der Waals surface area contributed by atoms with Crippen LogP contribution in [0.25, 0.3) is 22.3 Å². The van der Waals surface area contributed by atoms with E-state index in [1.54, 1.807) is 6.33 Å². The molecule has 6 nitrogen and oxygen atoms in total. The fraction of sp³-hybridized carbons (Fsp3) is 0.320. The van der Waals surface area contributed by atoms with Gasteiger partial charge >= 0.3 is 0 Å². The van der Waals surface area contributed by atoms with Crippen molar-refractivity contribution in [1.82, 2.24) is 19.5 Å². The third kappa shape index (κ3) is 3.01. The third-order valence-corrected chi connectivity index (χ3v) is 6.56. The van der Waals surface area contributed by atoms with Gasteiger partial charge in [0.1, 0.15) is 18.3 Å². The summed E-state index contributed by atoms with van der Waals surface area (Å²) < 4.78 is 14.4. The van der Waals surface area contributed by atoms with Gasteiger partial charge in [-0.1, -0.05) is 44.2 Å². The predicted molar refractivity (Wildman–Crippen MR) is 118 cm³/mol. The van der Waals surface area contributed by atoms with E-state index in [9.17, 15) is 0 Å². The zero-order valence-electron chi connectivity index (χ0n) is 17.7. The van der Waals surface area contributed by atoms with Crippen LogP contribution in [0.5, 0.6) is 11.6 Å². The molecule has 2 aromatic carbocycles. The highest BCUT2D eigenvalue weighted by atomic mass is 16.5. The molecule has 1 fully saturated rings. The summed E-state index contributed by atoms with van der Waals surface area (Å²) >= 11 is 0. The van der Waals surface area contributed by atoms with Gasteiger partial charge in [-0.3, -0.25) is 4.57 Å². The van der Waals surface area contributed by atoms with Crippen LogP contribution in [0.4, 0.5) is 0 Å². The Labute approximate surface area is 180 Å². The first-order valence-electron chi connectivity index (χ1n) is 10.9. The fourth-order valence-electron chi connectivity index (χ4n) is 4.95. The summed E-state index contributed by atoms with van der Waals surface area (Å²) in [5, 5.41) is 0. The highest BCUT2D eigenvalue weighted by molar-refractivity contribution is 5.78. The number of ether oxygens (including phenoxy) is 2. The molecule has 1 saturated heterocycles. The molecule has 0 radical (unpaired) electrons. The normalized spacial score (nSPS) is 21.9. The number of aromatic nitrogens is 4. The van der Waals surface area contributed by atoms with Crippen molar-refractivity contribution in [2.75, 3.05) is 0 Å². The molecule has 4 aromatic rings. The lowest BCUT2D eigenvalue weighted by Gasteiger charge is -2.14. The minimum absolute atomic E-state index is 0.0498. The average molecular weight is 412 g/mol. The molecule has 0 amide bonds. The van der Waals surface area contributed by atoms with Gasteiger partial charge in [0.25, 0.3) is 5.88 Å². The van der Waals surface area contributed by atoms with Gasteiger partial charge in [0, 0.05) is 0 Å². The third-order valence-electron chi connectivity index (χ3n) is 6.56. The van der Waals surface area contributed by atoms with Crippen molar-refractivity contribution in [1.29, 1.82) is 0 Å². The summed E-state index contributed by atoms with van der Waals surface area (Å²) in [5.74, 6) is 1.75. The van der Waals surface area contributed by atoms with E-state index < -0.39 is 0 Å². The predicted octanol–water partition coefficient (Wildman–Crippen LogP) is 5.52. The molecule has 1 unspecified atom stereocenters. The molecule has 0 saturated carbocycles. The molecule has 0 spiro atoms. The molecule has 3 atom stereocenters. The Morgan fingerprint density at radius 3 is 2.81 bits per heavy atom. The Morgan fingerprint density at radius 2 is 1.94 bits per heavy atom. The van der Waals surface area contributed by atoms with Crippen molar-refractivity contribution in [3.05, 3.63) is 66.2 Å². The van der Waals surface area contributed by atoms with Crippen LogP contribution in [0.1, 0.15) is 44.0 Å². The molecule has 0 bridgehead atoms. The first kappa shape index (κ1) is 18.5. The highest BCUT2D eigenvalue weighted by Gasteiger charge is 2.33. The van der Waals surface area contributed by atoms with Crippen LogP contribution in [0.3, 0.4) is 0 Å². The monoisotopic (exact) mass is 412 g/mol. The van der Waals surface area contributed by atoms with E-state index >= 15 is 0 Å². The first-order chi connectivity index (χ1) is 15.2. The maximum absolute atomic E-state index is 6.24. The molecule has 1 aliphatic carbocycles. The lowest BCUT2D eigenvalue weighted by Crippen LogP contribution is -2.12. The van der Waals surface area contributed by atoms with Gasteiger partial charge in [-0.15, -0.1) is 0 Å². The van der Waals surface area contributed by atoms with E-state index in [1.807, 2.05) is 10.6 Å². The van der Waals surface area contributed by atoms with Crippen molar-refractivity contribution in [2.24, 2.45) is 5.92 Å². The van der Waals surface area contributed by atoms with Gasteiger partial charge in [0.05, 0.1) is 12.4 Å². The van der Waals surface area contributed by atoms with E-state index in [4.69, 9.17) is 9.47 Å². The molecule has 1 aliphatic heterocycles. The molecule has 31 heavy (non-hydrogen) atoms. The number of nitrogens with zero attached hydrogens (tertiary/aromatic N) is 4. The smallest absolute Gasteiger partial charge is 0.250 e. The maximum atomic E-state index is 6.24. The van der Waals surface area contributed by atoms with Crippen molar-refractivity contribution in [2.45, 2.75) is 45.4 Å². The molecule has 0 N–H and O–H groups in total. The fourth-order valence-corrected chi connectivity index (χ4v) is 4.95. The van der Waals surface area contributed by atoms with Crippen LogP contribution in [0.2, 0.25) is 0 Å². The Hall–Kier alpha value is -3.25. The maximum Gasteiger partial charge on any atom is 0.250 e. The average Bonchev–Trinajstić information content (AvgIpc) is 3.48. The summed E-state index contributed by atoms with van der Waals surface area (Å²) in [5.41, 5.74) is 6.61. The van der Waals surface area contributed by atoms with Gasteiger partial charge in [-0.05, 0) is 59.6 Å². The molecule has 156 valence electrons. The van der Waals surface area contributed by atoms with E-state index in [0.717, 1.165) is 30.7 Å². The van der Waals surface area contributed by atoms with Gasteiger partial charge in [0.15, 0.2) is 11.2 Å². The molecule has 3 heterocycles. The van der Waals surface area contributed by atoms with Crippen molar-refractivity contribution in [3.63, 3.8) is 0 Å². The largest absolute Gasteiger partial charge is 0.437 e. The zero-order valence-corrected chi connectivity index (χ0v) is 17.7. The SMILES string of the molecule is CC[C@H]1O[C@@H](n2cnc3c(Oc4ccc5c(c4)Cc4ccccc4-5)ncnc32)CC1C. The molecular weight excluding hydrogens is 388 g/mol. The first-order valence-corrected chi connectivity index (χ1v) is 10.9. The van der Waals surface area contributed by atoms with Crippen LogP contribution >= 0.6 is 0 Å². The summed E-state index contributed by atoms with van der Waals surface area (Å²) in [6.07, 6.45) is 6.44. The van der Waals surface area contributed by atoms with Gasteiger partial charge < -0.3 is 9.47 Å². The van der Waals surface area contributed by atoms with Crippen molar-refractivity contribution >= 4 is 11.2 Å². The standard InChI is InChI=1S/C25H24N4O2/c1-3-21-15(2)10-22(31-21)29-14-28-23-24(29)26-13-27-25(23)30-18-8-9-20-17(12-18)11-16-6-4-5-7-19(16)20/h4-9,12-15,21-22H,3,10-11H2,1-2H3/t15?,21-,22-/m1/s1. The minimum atomic E-state index is -0.0498. The molecule has 6 heteroatoms. The Balaban J connectivity index is 1.30. The van der Waals surface area contributed by atoms with Gasteiger partial charge in [-0.2, -0.15) is 4.98 Å². The van der Waals surface area contributed by atoms with Crippen LogP contribution in [0, 0.1) is 5.92 Å². The summed E-state index contributed by atoms with van der Waals surface area (Å²) in [7, 11) is 0. The number of fused-ring (bicyclic) bond motifs is 4. The lowest BCUT2D eigenvalue weighted by atomic mass is 10.0. The Bertz CT molecular complexity index is 1280. The number of hydrogen-bond donors (Lipinski definition) is 0. The van der Waals surface area contributed by atoms with E-state index in [1.165, 1.54) is 28.6 Å². The van der Waals surface area contributed by atoms with Crippen LogP contribution < -0.4 is 4.74 Å².